The Morgan fingerprint density at radius 1 is 1.20 bits per heavy atom. The maximum absolute atomic E-state index is 10.1. The minimum Gasteiger partial charge on any atom is -0.542 e. The van der Waals surface area contributed by atoms with Crippen molar-refractivity contribution in [3.63, 3.8) is 0 Å². The molecular weight excluding hydrogens is 265 g/mol. The van der Waals surface area contributed by atoms with Gasteiger partial charge in [-0.25, -0.2) is 0 Å². The van der Waals surface area contributed by atoms with E-state index >= 15 is 0 Å². The largest absolute Gasteiger partial charge is 1.00 e. The monoisotopic (exact) mass is 293 g/mol. The van der Waals surface area contributed by atoms with Crippen molar-refractivity contribution in [2.75, 3.05) is 6.54 Å². The first-order valence-electron chi connectivity index (χ1n) is 7.53. The summed E-state index contributed by atoms with van der Waals surface area (Å²) in [6.07, 6.45) is 13.2. The Bertz CT molecular complexity index is 231. The minimum atomic E-state index is -0.720. The molecular formula is C15H28NNaO3. The average molecular weight is 293 g/mol. The molecule has 1 rings (SSSR count). The number of carboxylic acid groups (broad SMARTS) is 1. The summed E-state index contributed by atoms with van der Waals surface area (Å²) in [7, 11) is 0. The molecule has 0 unspecified atom stereocenters. The van der Waals surface area contributed by atoms with Gasteiger partial charge in [-0.05, 0) is 19.4 Å². The Balaban J connectivity index is 0. The molecule has 0 amide bonds. The number of carbonyl (C=O) groups excluding carboxylic acids is 1. The fraction of sp³-hybridized carbons (Fsp3) is 0.867. The number of unbranched alkanes of at least 4 members (excludes halogenated alkanes) is 7. The van der Waals surface area contributed by atoms with Crippen LogP contribution < -0.4 is 34.9 Å². The zero-order valence-electron chi connectivity index (χ0n) is 13.1. The molecule has 5 heteroatoms. The van der Waals surface area contributed by atoms with E-state index in [2.05, 4.69) is 12.2 Å². The predicted octanol–water partition coefficient (Wildman–Crippen LogP) is 0.0638. The Labute approximate surface area is 145 Å². The maximum Gasteiger partial charge on any atom is 1.00 e. The third-order valence-corrected chi connectivity index (χ3v) is 3.24. The van der Waals surface area contributed by atoms with Crippen LogP contribution >= 0.6 is 0 Å². The molecule has 1 atom stereocenters. The summed E-state index contributed by atoms with van der Waals surface area (Å²) >= 11 is 0. The van der Waals surface area contributed by atoms with Crippen molar-refractivity contribution < 1.29 is 44.3 Å². The Kier molecular flexibility index (Phi) is 19.2. The quantitative estimate of drug-likeness (QED) is 0.358. The van der Waals surface area contributed by atoms with Crippen LogP contribution in [0.2, 0.25) is 0 Å². The summed E-state index contributed by atoms with van der Waals surface area (Å²) in [5, 5.41) is 11.2. The molecule has 112 valence electrons. The molecule has 0 aromatic carbocycles. The van der Waals surface area contributed by atoms with E-state index < -0.39 is 5.97 Å². The molecule has 1 heterocycles. The molecule has 0 spiro atoms. The van der Waals surface area contributed by atoms with Crippen LogP contribution in [0.5, 0.6) is 0 Å². The van der Waals surface area contributed by atoms with E-state index in [1.807, 2.05) is 6.29 Å². The van der Waals surface area contributed by atoms with Crippen LogP contribution in [-0.4, -0.2) is 29.9 Å². The number of carbonyl (C=O) groups is 1. The number of hydrogen-bond donors (Lipinski definition) is 2. The maximum atomic E-state index is 10.1. The molecule has 20 heavy (non-hydrogen) atoms. The Morgan fingerprint density at radius 3 is 2.20 bits per heavy atom. The molecule has 0 saturated carbocycles. The molecule has 2 N–H and O–H groups in total. The van der Waals surface area contributed by atoms with Gasteiger partial charge in [0.25, 0.3) is 0 Å². The van der Waals surface area contributed by atoms with Gasteiger partial charge in [-0.1, -0.05) is 51.9 Å². The third kappa shape index (κ3) is 14.5. The van der Waals surface area contributed by atoms with Crippen LogP contribution in [0, 0.1) is 0 Å². The second kappa shape index (κ2) is 17.2. The van der Waals surface area contributed by atoms with Crippen LogP contribution in [0.4, 0.5) is 0 Å². The summed E-state index contributed by atoms with van der Waals surface area (Å²) in [6.45, 7) is 3.08. The molecule has 0 aliphatic carbocycles. The molecule has 1 aliphatic rings. The predicted molar refractivity (Wildman–Crippen MR) is 77.0 cm³/mol. The van der Waals surface area contributed by atoms with Crippen LogP contribution in [0.15, 0.2) is 0 Å². The number of carboxylic acids is 1. The number of hydrogen-bond acceptors (Lipinski definition) is 3. The minimum absolute atomic E-state index is 0. The van der Waals surface area contributed by atoms with Crippen molar-refractivity contribution in [2.45, 2.75) is 77.2 Å². The number of nitrogens with one attached hydrogen (secondary N) is 1. The summed E-state index contributed by atoms with van der Waals surface area (Å²) in [4.78, 5) is 20.0. The van der Waals surface area contributed by atoms with E-state index in [0.717, 1.165) is 25.8 Å². The van der Waals surface area contributed by atoms with Gasteiger partial charge in [0.1, 0.15) is 6.04 Å². The van der Waals surface area contributed by atoms with Crippen LogP contribution in [0.25, 0.3) is 0 Å². The van der Waals surface area contributed by atoms with Gasteiger partial charge in [0.05, 0.1) is 0 Å². The van der Waals surface area contributed by atoms with E-state index in [1.165, 1.54) is 38.5 Å². The van der Waals surface area contributed by atoms with Crippen molar-refractivity contribution in [1.29, 1.82) is 0 Å². The third-order valence-electron chi connectivity index (χ3n) is 3.24. The van der Waals surface area contributed by atoms with E-state index in [9.17, 15) is 9.59 Å². The van der Waals surface area contributed by atoms with Crippen molar-refractivity contribution in [2.24, 2.45) is 0 Å². The van der Waals surface area contributed by atoms with Gasteiger partial charge in [0.2, 0.25) is 0 Å². The van der Waals surface area contributed by atoms with Crippen LogP contribution in [0.3, 0.4) is 0 Å². The normalized spacial score (nSPS) is 16.8. The smallest absolute Gasteiger partial charge is 0.542 e. The first kappa shape index (κ1) is 22.4. The van der Waals surface area contributed by atoms with E-state index in [0.29, 0.717) is 6.42 Å². The molecule has 0 radical (unpaired) electrons. The van der Waals surface area contributed by atoms with Crippen molar-refractivity contribution in [3.05, 3.63) is 0 Å². The van der Waals surface area contributed by atoms with Gasteiger partial charge in [0.15, 0.2) is 0 Å². The number of aliphatic carboxylic acids is 1. The summed E-state index contributed by atoms with van der Waals surface area (Å²) in [6, 6.07) is -0.269. The molecule has 4 nitrogen and oxygen atoms in total. The zero-order valence-corrected chi connectivity index (χ0v) is 15.1. The fourth-order valence-corrected chi connectivity index (χ4v) is 2.05. The van der Waals surface area contributed by atoms with Gasteiger partial charge < -0.3 is 15.2 Å². The van der Waals surface area contributed by atoms with Gasteiger partial charge in [-0.2, -0.15) is 6.42 Å². The van der Waals surface area contributed by atoms with E-state index in [4.69, 9.17) is 5.11 Å². The molecule has 1 saturated heterocycles. The molecule has 0 bridgehead atoms. The van der Waals surface area contributed by atoms with E-state index in [-0.39, 0.29) is 35.6 Å². The van der Waals surface area contributed by atoms with E-state index in [1.54, 1.807) is 0 Å². The molecule has 0 aromatic rings. The zero-order chi connectivity index (χ0) is 14.3. The second-order valence-electron chi connectivity index (χ2n) is 5.00. The topological polar surface area (TPSA) is 66.4 Å². The van der Waals surface area contributed by atoms with Crippen LogP contribution in [-0.2, 0) is 9.59 Å². The fourth-order valence-electron chi connectivity index (χ4n) is 2.05. The second-order valence-corrected chi connectivity index (χ2v) is 5.00. The van der Waals surface area contributed by atoms with Crippen molar-refractivity contribution in [1.82, 2.24) is 5.32 Å². The Hall–Kier alpha value is 0.1000. The first-order chi connectivity index (χ1) is 9.22. The first-order valence-corrected chi connectivity index (χ1v) is 7.53. The van der Waals surface area contributed by atoms with Gasteiger partial charge in [0, 0.05) is 0 Å². The summed E-state index contributed by atoms with van der Waals surface area (Å²) in [5.41, 5.74) is 0. The van der Waals surface area contributed by atoms with Crippen molar-refractivity contribution >= 4 is 12.3 Å². The molecule has 0 aromatic heterocycles. The van der Waals surface area contributed by atoms with Gasteiger partial charge in [-0.3, -0.25) is 11.1 Å². The Morgan fingerprint density at radius 2 is 1.80 bits per heavy atom. The summed E-state index contributed by atoms with van der Waals surface area (Å²) in [5.74, 6) is -0.720. The van der Waals surface area contributed by atoms with Crippen LogP contribution in [0.1, 0.15) is 71.1 Å². The van der Waals surface area contributed by atoms with Gasteiger partial charge >= 0.3 is 35.5 Å². The average Bonchev–Trinajstić information content (AvgIpc) is 2.93. The molecule has 1 aliphatic heterocycles. The summed E-state index contributed by atoms with van der Waals surface area (Å²) < 4.78 is 0. The molecule has 1 fully saturated rings. The van der Waals surface area contributed by atoms with Gasteiger partial charge in [-0.15, -0.1) is 0 Å². The SMILES string of the molecule is CCCCCCCCC[C-]=O.O=C(O)[C@@H]1CCCN1.[Na+]. The standard InChI is InChI=1S/C10H19O.C5H9NO2.Na/c1-2-3-4-5-6-7-8-9-10-11;7-5(8)4-2-1-3-6-4;/h2-9H2,1H3;4,6H,1-3H2,(H,7,8);/q-1;;+1/t;4-;/m.0./s1. The van der Waals surface area contributed by atoms with Crippen molar-refractivity contribution in [3.8, 4) is 0 Å². The number of rotatable bonds is 9.